The summed E-state index contributed by atoms with van der Waals surface area (Å²) in [5.74, 6) is -0.713. The first-order valence-electron chi connectivity index (χ1n) is 9.52. The Morgan fingerprint density at radius 1 is 1.00 bits per heavy atom. The molecule has 0 saturated carbocycles. The van der Waals surface area contributed by atoms with Crippen molar-refractivity contribution in [2.45, 2.75) is 39.0 Å². The van der Waals surface area contributed by atoms with Crippen molar-refractivity contribution in [2.75, 3.05) is 19.6 Å². The number of aliphatic hydroxyl groups is 1. The summed E-state index contributed by atoms with van der Waals surface area (Å²) in [6.07, 6.45) is 0. The van der Waals surface area contributed by atoms with Gasteiger partial charge in [-0.3, -0.25) is 0 Å². The molecule has 28 heavy (non-hydrogen) atoms. The second kappa shape index (κ2) is 7.30. The Hall–Kier alpha value is -1.67. The van der Waals surface area contributed by atoms with Crippen molar-refractivity contribution in [3.05, 3.63) is 48.0 Å². The average molecular weight is 406 g/mol. The molecular formula is C21H25F2N3OS. The molecule has 1 atom stereocenters. The Bertz CT molecular complexity index is 958. The molecule has 1 aliphatic heterocycles. The molecule has 1 N–H and O–H groups in total. The van der Waals surface area contributed by atoms with Gasteiger partial charge in [-0.15, -0.1) is 0 Å². The first kappa shape index (κ1) is 19.6. The van der Waals surface area contributed by atoms with E-state index in [2.05, 4.69) is 22.5 Å². The van der Waals surface area contributed by atoms with E-state index in [1.165, 1.54) is 24.3 Å². The van der Waals surface area contributed by atoms with Gasteiger partial charge < -0.3 is 9.67 Å². The van der Waals surface area contributed by atoms with Crippen LogP contribution in [-0.2, 0) is 6.54 Å². The molecule has 150 valence electrons. The molecule has 0 radical (unpaired) electrons. The summed E-state index contributed by atoms with van der Waals surface area (Å²) < 4.78 is 34.1. The van der Waals surface area contributed by atoms with Gasteiger partial charge >= 0.3 is 0 Å². The number of aromatic nitrogens is 1. The third kappa shape index (κ3) is 3.76. The lowest BCUT2D eigenvalue weighted by Gasteiger charge is -2.29. The van der Waals surface area contributed by atoms with Gasteiger partial charge in [0.1, 0.15) is 11.6 Å². The number of halogens is 2. The largest absolute Gasteiger partial charge is 0.387 e. The molecule has 3 aromatic rings. The molecule has 2 heterocycles. The molecule has 7 heteroatoms. The maximum absolute atomic E-state index is 13.8. The van der Waals surface area contributed by atoms with Crippen LogP contribution >= 0.6 is 12.1 Å². The highest BCUT2D eigenvalue weighted by Crippen LogP contribution is 2.33. The number of rotatable bonds is 5. The molecule has 0 spiro atoms. The van der Waals surface area contributed by atoms with E-state index >= 15 is 0 Å². The number of benzene rings is 2. The summed E-state index contributed by atoms with van der Waals surface area (Å²) in [5, 5.41) is 12.5. The van der Waals surface area contributed by atoms with Gasteiger partial charge in [0.2, 0.25) is 0 Å². The van der Waals surface area contributed by atoms with Gasteiger partial charge in [-0.2, -0.15) is 0 Å². The Labute approximate surface area is 168 Å². The van der Waals surface area contributed by atoms with Gasteiger partial charge in [-0.1, -0.05) is 0 Å². The molecule has 1 fully saturated rings. The van der Waals surface area contributed by atoms with Gasteiger partial charge in [-0.05, 0) is 57.2 Å². The number of hydrogen-bond donors (Lipinski definition) is 1. The lowest BCUT2D eigenvalue weighted by atomic mass is 10.1. The predicted octanol–water partition coefficient (Wildman–Crippen LogP) is 4.41. The third-order valence-corrected chi connectivity index (χ3v) is 6.53. The molecule has 4 rings (SSSR count). The van der Waals surface area contributed by atoms with Crippen LogP contribution in [-0.4, -0.2) is 49.6 Å². The highest BCUT2D eigenvalue weighted by molar-refractivity contribution is 7.94. The lowest BCUT2D eigenvalue weighted by Crippen LogP contribution is -2.40. The highest BCUT2D eigenvalue weighted by Gasteiger charge is 2.31. The maximum atomic E-state index is 13.8. The standard InChI is InChI=1S/C21H25F2N3OS/c1-14(2)26-9-8-24(28-26)12-21(3,27)13-25-19-6-4-15(22)10-17(19)18-11-16(23)5-7-20(18)25/h4-7,10-11,14,27H,8-9,12-13H2,1-3H3. The smallest absolute Gasteiger partial charge is 0.123 e. The Balaban J connectivity index is 1.66. The van der Waals surface area contributed by atoms with Crippen LogP contribution in [0.5, 0.6) is 0 Å². The van der Waals surface area contributed by atoms with Crippen molar-refractivity contribution in [1.82, 2.24) is 13.2 Å². The van der Waals surface area contributed by atoms with E-state index in [0.29, 0.717) is 29.9 Å². The van der Waals surface area contributed by atoms with Crippen molar-refractivity contribution in [2.24, 2.45) is 0 Å². The fraction of sp³-hybridized carbons (Fsp3) is 0.429. The number of nitrogens with zero attached hydrogens (tertiary/aromatic N) is 3. The van der Waals surface area contributed by atoms with Crippen LogP contribution in [0.25, 0.3) is 21.8 Å². The normalized spacial score (nSPS) is 18.5. The fourth-order valence-electron chi connectivity index (χ4n) is 3.89. The van der Waals surface area contributed by atoms with E-state index in [1.54, 1.807) is 24.3 Å². The van der Waals surface area contributed by atoms with Crippen molar-refractivity contribution in [1.29, 1.82) is 0 Å². The number of β-amino-alcohol motifs (C(OH)–C–C–N with tert-alkyl or cyclic N) is 1. The molecule has 0 aliphatic carbocycles. The van der Waals surface area contributed by atoms with Gasteiger partial charge in [0.15, 0.2) is 0 Å². The van der Waals surface area contributed by atoms with Crippen molar-refractivity contribution >= 4 is 33.9 Å². The highest BCUT2D eigenvalue weighted by atomic mass is 32.2. The van der Waals surface area contributed by atoms with Crippen LogP contribution in [0.4, 0.5) is 8.78 Å². The zero-order chi connectivity index (χ0) is 20.1. The van der Waals surface area contributed by atoms with Crippen LogP contribution < -0.4 is 0 Å². The van der Waals surface area contributed by atoms with E-state index in [0.717, 1.165) is 24.1 Å². The first-order chi connectivity index (χ1) is 13.2. The van der Waals surface area contributed by atoms with Crippen molar-refractivity contribution in [3.8, 4) is 0 Å². The van der Waals surface area contributed by atoms with Crippen molar-refractivity contribution < 1.29 is 13.9 Å². The summed E-state index contributed by atoms with van der Waals surface area (Å²) in [7, 11) is 0. The van der Waals surface area contributed by atoms with Crippen LogP contribution in [0.2, 0.25) is 0 Å². The summed E-state index contributed by atoms with van der Waals surface area (Å²) in [5.41, 5.74) is 0.585. The topological polar surface area (TPSA) is 31.6 Å². The average Bonchev–Trinajstić information content (AvgIpc) is 3.18. The Kier molecular flexibility index (Phi) is 5.12. The summed E-state index contributed by atoms with van der Waals surface area (Å²) in [6.45, 7) is 8.83. The predicted molar refractivity (Wildman–Crippen MR) is 111 cm³/mol. The molecule has 1 saturated heterocycles. The molecule has 1 aliphatic rings. The third-order valence-electron chi connectivity index (χ3n) is 5.17. The number of hydrogen-bond acceptors (Lipinski definition) is 4. The van der Waals surface area contributed by atoms with E-state index in [9.17, 15) is 13.9 Å². The quantitative estimate of drug-likeness (QED) is 0.637. The molecule has 4 nitrogen and oxygen atoms in total. The Morgan fingerprint density at radius 3 is 2.07 bits per heavy atom. The van der Waals surface area contributed by atoms with E-state index in [4.69, 9.17) is 0 Å². The van der Waals surface area contributed by atoms with Crippen molar-refractivity contribution in [3.63, 3.8) is 0 Å². The summed E-state index contributed by atoms with van der Waals surface area (Å²) in [6, 6.07) is 9.51. The Morgan fingerprint density at radius 2 is 1.57 bits per heavy atom. The minimum absolute atomic E-state index is 0.336. The second-order valence-corrected chi connectivity index (χ2v) is 9.23. The summed E-state index contributed by atoms with van der Waals surface area (Å²) in [4.78, 5) is 0. The van der Waals surface area contributed by atoms with Gasteiger partial charge in [-0.25, -0.2) is 17.4 Å². The minimum atomic E-state index is -0.998. The van der Waals surface area contributed by atoms with Crippen LogP contribution in [0.3, 0.4) is 0 Å². The zero-order valence-electron chi connectivity index (χ0n) is 16.3. The van der Waals surface area contributed by atoms with E-state index in [1.807, 2.05) is 11.5 Å². The van der Waals surface area contributed by atoms with Crippen LogP contribution in [0.1, 0.15) is 20.8 Å². The minimum Gasteiger partial charge on any atom is -0.387 e. The SMILES string of the molecule is CC(C)N1CCN(CC(C)(O)Cn2c3ccc(F)cc3c3cc(F)ccc32)S1. The lowest BCUT2D eigenvalue weighted by molar-refractivity contribution is 0.0297. The van der Waals surface area contributed by atoms with E-state index in [-0.39, 0.29) is 11.6 Å². The van der Waals surface area contributed by atoms with Crippen LogP contribution in [0, 0.1) is 11.6 Å². The molecule has 1 aromatic heterocycles. The van der Waals surface area contributed by atoms with Gasteiger partial charge in [0.05, 0.1) is 12.1 Å². The van der Waals surface area contributed by atoms with Crippen LogP contribution in [0.15, 0.2) is 36.4 Å². The molecule has 0 amide bonds. The molecule has 2 aromatic carbocycles. The molecular weight excluding hydrogens is 380 g/mol. The van der Waals surface area contributed by atoms with Gasteiger partial charge in [0, 0.05) is 59.6 Å². The van der Waals surface area contributed by atoms with Gasteiger partial charge in [0.25, 0.3) is 0 Å². The van der Waals surface area contributed by atoms with E-state index < -0.39 is 5.60 Å². The summed E-state index contributed by atoms with van der Waals surface area (Å²) >= 11 is 1.67. The fourth-order valence-corrected chi connectivity index (χ4v) is 5.04. The second-order valence-electron chi connectivity index (χ2n) is 8.09. The zero-order valence-corrected chi connectivity index (χ0v) is 17.1. The number of fused-ring (bicyclic) bond motifs is 3. The monoisotopic (exact) mass is 405 g/mol. The molecule has 1 unspecified atom stereocenters. The molecule has 0 bridgehead atoms. The first-order valence-corrected chi connectivity index (χ1v) is 10.3. The maximum Gasteiger partial charge on any atom is 0.123 e.